The second kappa shape index (κ2) is 6.30. The number of aromatic nitrogens is 1. The van der Waals surface area contributed by atoms with E-state index < -0.39 is 0 Å². The fraction of sp³-hybridized carbons (Fsp3) is 0. The Hall–Kier alpha value is -2.16. The standard InChI is InChI=1S/C18H11Cl2NO/c19-15-7-5-13(11-16(15)20)18(22)8-6-12-9-10-21-17-4-2-1-3-14(12)17/h1-11H/b8-6-. The molecule has 1 heterocycles. The van der Waals surface area contributed by atoms with Crippen molar-refractivity contribution in [3.63, 3.8) is 0 Å². The van der Waals surface area contributed by atoms with E-state index in [1.165, 1.54) is 6.08 Å². The lowest BCUT2D eigenvalue weighted by molar-refractivity contribution is 0.104. The van der Waals surface area contributed by atoms with Crippen molar-refractivity contribution >= 4 is 46.0 Å². The molecular formula is C18H11Cl2NO. The minimum atomic E-state index is -0.125. The SMILES string of the molecule is O=C(/C=C\c1ccnc2ccccc12)c1ccc(Cl)c(Cl)c1. The fourth-order valence-electron chi connectivity index (χ4n) is 2.17. The Labute approximate surface area is 138 Å². The van der Waals surface area contributed by atoms with Crippen LogP contribution in [0.15, 0.2) is 60.8 Å². The van der Waals surface area contributed by atoms with E-state index in [-0.39, 0.29) is 5.78 Å². The van der Waals surface area contributed by atoms with Crippen LogP contribution in [-0.4, -0.2) is 10.8 Å². The van der Waals surface area contributed by atoms with Gasteiger partial charge in [-0.2, -0.15) is 0 Å². The molecule has 0 N–H and O–H groups in total. The third kappa shape index (κ3) is 3.03. The van der Waals surface area contributed by atoms with Crippen molar-refractivity contribution in [1.82, 2.24) is 4.98 Å². The summed E-state index contributed by atoms with van der Waals surface area (Å²) in [5.74, 6) is -0.125. The maximum Gasteiger partial charge on any atom is 0.185 e. The topological polar surface area (TPSA) is 30.0 Å². The first-order valence-electron chi connectivity index (χ1n) is 6.66. The first-order valence-corrected chi connectivity index (χ1v) is 7.42. The first-order chi connectivity index (χ1) is 10.6. The molecule has 4 heteroatoms. The minimum absolute atomic E-state index is 0.125. The number of fused-ring (bicyclic) bond motifs is 1. The highest BCUT2D eigenvalue weighted by atomic mass is 35.5. The van der Waals surface area contributed by atoms with Crippen LogP contribution in [0, 0.1) is 0 Å². The van der Waals surface area contributed by atoms with Gasteiger partial charge in [-0.15, -0.1) is 0 Å². The molecule has 0 saturated carbocycles. The average molecular weight is 328 g/mol. The number of pyridine rings is 1. The lowest BCUT2D eigenvalue weighted by Crippen LogP contribution is -1.94. The number of halogens is 2. The highest BCUT2D eigenvalue weighted by Gasteiger charge is 2.05. The number of allylic oxidation sites excluding steroid dienone is 1. The molecule has 108 valence electrons. The molecule has 0 bridgehead atoms. The van der Waals surface area contributed by atoms with Crippen LogP contribution in [0.1, 0.15) is 15.9 Å². The number of hydrogen-bond donors (Lipinski definition) is 0. The Morgan fingerprint density at radius 1 is 1.00 bits per heavy atom. The van der Waals surface area contributed by atoms with Gasteiger partial charge >= 0.3 is 0 Å². The largest absolute Gasteiger partial charge is 0.289 e. The quantitative estimate of drug-likeness (QED) is 0.473. The number of hydrogen-bond acceptors (Lipinski definition) is 2. The molecule has 0 aliphatic carbocycles. The number of ketones is 1. The van der Waals surface area contributed by atoms with Gasteiger partial charge in [-0.05, 0) is 42.0 Å². The molecule has 0 amide bonds. The summed E-state index contributed by atoms with van der Waals surface area (Å²) < 4.78 is 0. The first kappa shape index (κ1) is 14.8. The predicted molar refractivity (Wildman–Crippen MR) is 91.6 cm³/mol. The van der Waals surface area contributed by atoms with E-state index in [0.29, 0.717) is 15.6 Å². The summed E-state index contributed by atoms with van der Waals surface area (Å²) in [4.78, 5) is 16.5. The third-order valence-electron chi connectivity index (χ3n) is 3.30. The molecule has 0 aliphatic rings. The van der Waals surface area contributed by atoms with Crippen molar-refractivity contribution in [3.05, 3.63) is 82.0 Å². The molecule has 0 aliphatic heterocycles. The predicted octanol–water partition coefficient (Wildman–Crippen LogP) is 5.44. The van der Waals surface area contributed by atoms with Crippen molar-refractivity contribution in [2.75, 3.05) is 0 Å². The van der Waals surface area contributed by atoms with Gasteiger partial charge in [-0.3, -0.25) is 9.78 Å². The smallest absolute Gasteiger partial charge is 0.185 e. The Bertz CT molecular complexity index is 882. The van der Waals surface area contributed by atoms with Crippen LogP contribution in [0.4, 0.5) is 0 Å². The van der Waals surface area contributed by atoms with Crippen LogP contribution in [-0.2, 0) is 0 Å². The molecular weight excluding hydrogens is 317 g/mol. The van der Waals surface area contributed by atoms with Crippen molar-refractivity contribution in [2.24, 2.45) is 0 Å². The number of rotatable bonds is 3. The maximum absolute atomic E-state index is 12.2. The van der Waals surface area contributed by atoms with E-state index in [1.54, 1.807) is 30.5 Å². The molecule has 3 aromatic rings. The van der Waals surface area contributed by atoms with E-state index in [4.69, 9.17) is 23.2 Å². The number of carbonyl (C=O) groups excluding carboxylic acids is 1. The van der Waals surface area contributed by atoms with Crippen molar-refractivity contribution in [2.45, 2.75) is 0 Å². The molecule has 2 nitrogen and oxygen atoms in total. The monoisotopic (exact) mass is 327 g/mol. The van der Waals surface area contributed by atoms with Gasteiger partial charge in [0.2, 0.25) is 0 Å². The van der Waals surface area contributed by atoms with Crippen LogP contribution in [0.3, 0.4) is 0 Å². The van der Waals surface area contributed by atoms with E-state index in [1.807, 2.05) is 30.3 Å². The summed E-state index contributed by atoms with van der Waals surface area (Å²) in [5, 5.41) is 1.81. The van der Waals surface area contributed by atoms with Crippen molar-refractivity contribution in [1.29, 1.82) is 0 Å². The molecule has 0 atom stereocenters. The zero-order chi connectivity index (χ0) is 15.5. The van der Waals surface area contributed by atoms with E-state index in [0.717, 1.165) is 16.5 Å². The number of benzene rings is 2. The molecule has 22 heavy (non-hydrogen) atoms. The van der Waals surface area contributed by atoms with Crippen LogP contribution in [0.2, 0.25) is 10.0 Å². The van der Waals surface area contributed by atoms with Gasteiger partial charge in [0.25, 0.3) is 0 Å². The van der Waals surface area contributed by atoms with Gasteiger partial charge in [-0.1, -0.05) is 47.5 Å². The fourth-order valence-corrected chi connectivity index (χ4v) is 2.47. The lowest BCUT2D eigenvalue weighted by Gasteiger charge is -2.01. The summed E-state index contributed by atoms with van der Waals surface area (Å²) in [6, 6.07) is 14.5. The summed E-state index contributed by atoms with van der Waals surface area (Å²) in [6.45, 7) is 0. The molecule has 0 spiro atoms. The molecule has 0 unspecified atom stereocenters. The highest BCUT2D eigenvalue weighted by molar-refractivity contribution is 6.42. The molecule has 2 aromatic carbocycles. The van der Waals surface area contributed by atoms with Gasteiger partial charge in [-0.25, -0.2) is 0 Å². The minimum Gasteiger partial charge on any atom is -0.289 e. The second-order valence-corrected chi connectivity index (χ2v) is 5.56. The van der Waals surface area contributed by atoms with Crippen LogP contribution >= 0.6 is 23.2 Å². The molecule has 3 rings (SSSR count). The van der Waals surface area contributed by atoms with Gasteiger partial charge in [0.15, 0.2) is 5.78 Å². The van der Waals surface area contributed by atoms with Crippen molar-refractivity contribution < 1.29 is 4.79 Å². The van der Waals surface area contributed by atoms with Gasteiger partial charge < -0.3 is 0 Å². The maximum atomic E-state index is 12.2. The Balaban J connectivity index is 1.92. The molecule has 0 radical (unpaired) electrons. The van der Waals surface area contributed by atoms with Gasteiger partial charge in [0, 0.05) is 17.1 Å². The summed E-state index contributed by atoms with van der Waals surface area (Å²) in [5.41, 5.74) is 2.34. The molecule has 0 saturated heterocycles. The van der Waals surface area contributed by atoms with Crippen LogP contribution in [0.25, 0.3) is 17.0 Å². The zero-order valence-electron chi connectivity index (χ0n) is 11.5. The van der Waals surface area contributed by atoms with E-state index in [2.05, 4.69) is 4.98 Å². The second-order valence-electron chi connectivity index (χ2n) is 4.74. The lowest BCUT2D eigenvalue weighted by atomic mass is 10.1. The number of carbonyl (C=O) groups is 1. The Morgan fingerprint density at radius 2 is 1.82 bits per heavy atom. The summed E-state index contributed by atoms with van der Waals surface area (Å²) in [7, 11) is 0. The van der Waals surface area contributed by atoms with Crippen LogP contribution < -0.4 is 0 Å². The molecule has 1 aromatic heterocycles. The van der Waals surface area contributed by atoms with Gasteiger partial charge in [0.05, 0.1) is 15.6 Å². The van der Waals surface area contributed by atoms with E-state index >= 15 is 0 Å². The Morgan fingerprint density at radius 3 is 2.64 bits per heavy atom. The normalized spacial score (nSPS) is 11.2. The zero-order valence-corrected chi connectivity index (χ0v) is 13.0. The number of para-hydroxylation sites is 1. The summed E-state index contributed by atoms with van der Waals surface area (Å²) in [6.07, 6.45) is 5.04. The third-order valence-corrected chi connectivity index (χ3v) is 4.04. The summed E-state index contributed by atoms with van der Waals surface area (Å²) >= 11 is 11.8. The van der Waals surface area contributed by atoms with E-state index in [9.17, 15) is 4.79 Å². The highest BCUT2D eigenvalue weighted by Crippen LogP contribution is 2.23. The van der Waals surface area contributed by atoms with Gasteiger partial charge in [0.1, 0.15) is 0 Å². The molecule has 0 fully saturated rings. The number of nitrogens with zero attached hydrogens (tertiary/aromatic N) is 1. The van der Waals surface area contributed by atoms with Crippen molar-refractivity contribution in [3.8, 4) is 0 Å². The van der Waals surface area contributed by atoms with Crippen LogP contribution in [0.5, 0.6) is 0 Å². The Kier molecular flexibility index (Phi) is 4.23. The average Bonchev–Trinajstić information content (AvgIpc) is 2.55.